The Kier molecular flexibility index (Phi) is 3.91. The summed E-state index contributed by atoms with van der Waals surface area (Å²) in [6.45, 7) is 3.91. The molecule has 2 aromatic heterocycles. The zero-order chi connectivity index (χ0) is 14.0. The first-order valence-corrected chi connectivity index (χ1v) is 7.77. The fourth-order valence-corrected chi connectivity index (χ4v) is 2.90. The molecule has 0 radical (unpaired) electrons. The van der Waals surface area contributed by atoms with Crippen molar-refractivity contribution in [3.8, 4) is 0 Å². The molecular weight excluding hydrogens is 290 g/mol. The molecule has 9 heteroatoms. The van der Waals surface area contributed by atoms with Gasteiger partial charge in [-0.3, -0.25) is 4.72 Å². The van der Waals surface area contributed by atoms with Crippen LogP contribution >= 0.6 is 11.6 Å². The average Bonchev–Trinajstić information content (AvgIpc) is 2.74. The van der Waals surface area contributed by atoms with Gasteiger partial charge in [-0.2, -0.15) is 9.97 Å². The number of aromatic amines is 1. The van der Waals surface area contributed by atoms with E-state index in [2.05, 4.69) is 24.7 Å². The molecule has 2 rings (SSSR count). The topological polar surface area (TPSA) is 101 Å². The summed E-state index contributed by atoms with van der Waals surface area (Å²) in [4.78, 5) is 14.5. The van der Waals surface area contributed by atoms with E-state index in [1.165, 1.54) is 6.33 Å². The van der Waals surface area contributed by atoms with E-state index in [0.717, 1.165) is 0 Å². The molecule has 0 spiro atoms. The Labute approximate surface area is 115 Å². The van der Waals surface area contributed by atoms with E-state index in [1.807, 2.05) is 13.8 Å². The lowest BCUT2D eigenvalue weighted by atomic mass is 10.2. The second kappa shape index (κ2) is 5.30. The van der Waals surface area contributed by atoms with Gasteiger partial charge >= 0.3 is 0 Å². The van der Waals surface area contributed by atoms with Gasteiger partial charge in [0.2, 0.25) is 16.0 Å². The third kappa shape index (κ3) is 3.54. The number of sulfonamides is 1. The van der Waals surface area contributed by atoms with Crippen molar-refractivity contribution < 1.29 is 8.42 Å². The van der Waals surface area contributed by atoms with Crippen molar-refractivity contribution in [2.24, 2.45) is 5.92 Å². The van der Waals surface area contributed by atoms with Crippen molar-refractivity contribution in [1.29, 1.82) is 0 Å². The van der Waals surface area contributed by atoms with Gasteiger partial charge in [0.05, 0.1) is 12.1 Å². The molecule has 0 fully saturated rings. The molecule has 0 aliphatic carbocycles. The molecule has 104 valence electrons. The molecule has 0 saturated heterocycles. The van der Waals surface area contributed by atoms with Crippen LogP contribution in [0.3, 0.4) is 0 Å². The van der Waals surface area contributed by atoms with E-state index in [-0.39, 0.29) is 16.9 Å². The molecule has 2 aromatic rings. The van der Waals surface area contributed by atoms with E-state index in [0.29, 0.717) is 23.5 Å². The largest absolute Gasteiger partial charge is 0.341 e. The first-order valence-electron chi connectivity index (χ1n) is 5.74. The van der Waals surface area contributed by atoms with Gasteiger partial charge in [0.1, 0.15) is 5.52 Å². The van der Waals surface area contributed by atoms with Crippen LogP contribution in [0.4, 0.5) is 5.95 Å². The highest BCUT2D eigenvalue weighted by molar-refractivity contribution is 7.92. The van der Waals surface area contributed by atoms with Gasteiger partial charge in [-0.05, 0) is 12.3 Å². The van der Waals surface area contributed by atoms with Crippen LogP contribution in [-0.4, -0.2) is 34.1 Å². The number of imidazole rings is 1. The van der Waals surface area contributed by atoms with Crippen LogP contribution in [0.15, 0.2) is 6.33 Å². The number of anilines is 1. The van der Waals surface area contributed by atoms with Crippen LogP contribution in [0.25, 0.3) is 11.2 Å². The van der Waals surface area contributed by atoms with Crippen molar-refractivity contribution in [1.82, 2.24) is 19.9 Å². The number of nitrogens with zero attached hydrogens (tertiary/aromatic N) is 3. The second-order valence-electron chi connectivity index (χ2n) is 4.54. The number of aromatic nitrogens is 4. The highest BCUT2D eigenvalue weighted by Gasteiger charge is 2.15. The first kappa shape index (κ1) is 14.0. The third-order valence-electron chi connectivity index (χ3n) is 2.45. The lowest BCUT2D eigenvalue weighted by Gasteiger charge is -2.08. The summed E-state index contributed by atoms with van der Waals surface area (Å²) in [6.07, 6.45) is 1.98. The van der Waals surface area contributed by atoms with Gasteiger partial charge in [0, 0.05) is 0 Å². The molecule has 0 amide bonds. The minimum absolute atomic E-state index is 0.0181. The maximum Gasteiger partial charge on any atom is 0.240 e. The summed E-state index contributed by atoms with van der Waals surface area (Å²) in [5, 5.41) is 0.129. The molecule has 19 heavy (non-hydrogen) atoms. The lowest BCUT2D eigenvalue weighted by molar-refractivity contribution is 0.577. The minimum atomic E-state index is -3.47. The van der Waals surface area contributed by atoms with E-state index in [1.54, 1.807) is 0 Å². The summed E-state index contributed by atoms with van der Waals surface area (Å²) in [6, 6.07) is 0. The van der Waals surface area contributed by atoms with Gasteiger partial charge in [-0.1, -0.05) is 25.4 Å². The molecular formula is C10H14ClN5O2S. The number of H-pyrrole nitrogens is 1. The van der Waals surface area contributed by atoms with Gasteiger partial charge in [-0.25, -0.2) is 13.4 Å². The van der Waals surface area contributed by atoms with Gasteiger partial charge < -0.3 is 4.98 Å². The molecule has 0 unspecified atom stereocenters. The number of rotatable bonds is 5. The molecule has 2 heterocycles. The SMILES string of the molecule is CC(C)CCS(=O)(=O)Nc1nc(Cl)c2[nH]cnc2n1. The van der Waals surface area contributed by atoms with Gasteiger partial charge in [-0.15, -0.1) is 0 Å². The van der Waals surface area contributed by atoms with Crippen LogP contribution in [0.1, 0.15) is 20.3 Å². The molecule has 7 nitrogen and oxygen atoms in total. The Morgan fingerprint density at radius 2 is 2.16 bits per heavy atom. The Bertz CT molecular complexity index is 682. The fourth-order valence-electron chi connectivity index (χ4n) is 1.42. The van der Waals surface area contributed by atoms with Crippen LogP contribution in [-0.2, 0) is 10.0 Å². The highest BCUT2D eigenvalue weighted by Crippen LogP contribution is 2.19. The van der Waals surface area contributed by atoms with E-state index in [9.17, 15) is 8.42 Å². The number of hydrogen-bond donors (Lipinski definition) is 2. The molecule has 0 bridgehead atoms. The number of nitrogens with one attached hydrogen (secondary N) is 2. The third-order valence-corrected chi connectivity index (χ3v) is 3.99. The van der Waals surface area contributed by atoms with Crippen molar-refractivity contribution in [3.05, 3.63) is 11.5 Å². The monoisotopic (exact) mass is 303 g/mol. The summed E-state index contributed by atoms with van der Waals surface area (Å²) in [5.41, 5.74) is 0.799. The van der Waals surface area contributed by atoms with Crippen LogP contribution in [0, 0.1) is 5.92 Å². The predicted molar refractivity (Wildman–Crippen MR) is 73.6 cm³/mol. The molecule has 2 N–H and O–H groups in total. The van der Waals surface area contributed by atoms with Crippen LogP contribution in [0.2, 0.25) is 5.15 Å². The summed E-state index contributed by atoms with van der Waals surface area (Å²) in [5.74, 6) is 0.257. The number of fused-ring (bicyclic) bond motifs is 1. The van der Waals surface area contributed by atoms with Crippen molar-refractivity contribution >= 4 is 38.7 Å². The Morgan fingerprint density at radius 1 is 1.42 bits per heavy atom. The average molecular weight is 304 g/mol. The maximum absolute atomic E-state index is 11.8. The minimum Gasteiger partial charge on any atom is -0.341 e. The summed E-state index contributed by atoms with van der Waals surface area (Å²) in [7, 11) is -3.47. The zero-order valence-electron chi connectivity index (χ0n) is 10.5. The quantitative estimate of drug-likeness (QED) is 0.820. The lowest BCUT2D eigenvalue weighted by Crippen LogP contribution is -2.19. The van der Waals surface area contributed by atoms with Crippen molar-refractivity contribution in [2.75, 3.05) is 10.5 Å². The highest BCUT2D eigenvalue weighted by atomic mass is 35.5. The van der Waals surface area contributed by atoms with Crippen molar-refractivity contribution in [3.63, 3.8) is 0 Å². The zero-order valence-corrected chi connectivity index (χ0v) is 12.1. The van der Waals surface area contributed by atoms with Gasteiger partial charge in [0.25, 0.3) is 0 Å². The second-order valence-corrected chi connectivity index (χ2v) is 6.74. The maximum atomic E-state index is 11.8. The molecule has 0 saturated carbocycles. The number of halogens is 1. The molecule has 0 aliphatic rings. The standard InChI is InChI=1S/C10H14ClN5O2S/c1-6(2)3-4-19(17,18)16-10-14-8(11)7-9(15-10)13-5-12-7/h5-6H,3-4H2,1-2H3,(H2,12,13,14,15,16). The predicted octanol–water partition coefficient (Wildman–Crippen LogP) is 1.79. The van der Waals surface area contributed by atoms with Crippen molar-refractivity contribution in [2.45, 2.75) is 20.3 Å². The van der Waals surface area contributed by atoms with Crippen LogP contribution in [0.5, 0.6) is 0 Å². The Morgan fingerprint density at radius 3 is 2.84 bits per heavy atom. The Hall–Kier alpha value is -1.41. The number of hydrogen-bond acceptors (Lipinski definition) is 5. The molecule has 0 aliphatic heterocycles. The van der Waals surface area contributed by atoms with Gasteiger partial charge in [0.15, 0.2) is 10.8 Å². The fraction of sp³-hybridized carbons (Fsp3) is 0.500. The van der Waals surface area contributed by atoms with E-state index >= 15 is 0 Å². The normalized spacial score (nSPS) is 12.2. The molecule has 0 aromatic carbocycles. The Balaban J connectivity index is 2.21. The van der Waals surface area contributed by atoms with E-state index < -0.39 is 10.0 Å². The van der Waals surface area contributed by atoms with Crippen LogP contribution < -0.4 is 4.72 Å². The van der Waals surface area contributed by atoms with E-state index in [4.69, 9.17) is 11.6 Å². The summed E-state index contributed by atoms with van der Waals surface area (Å²) < 4.78 is 26.0. The summed E-state index contributed by atoms with van der Waals surface area (Å²) >= 11 is 5.90. The first-order chi connectivity index (χ1) is 8.87. The molecule has 0 atom stereocenters. The smallest absolute Gasteiger partial charge is 0.240 e.